The van der Waals surface area contributed by atoms with Gasteiger partial charge >= 0.3 is 5.69 Å². The van der Waals surface area contributed by atoms with Crippen molar-refractivity contribution in [3.8, 4) is 0 Å². The highest BCUT2D eigenvalue weighted by Gasteiger charge is 2.20. The van der Waals surface area contributed by atoms with Gasteiger partial charge in [-0.3, -0.25) is 10.1 Å². The van der Waals surface area contributed by atoms with Crippen molar-refractivity contribution in [3.05, 3.63) is 33.3 Å². The summed E-state index contributed by atoms with van der Waals surface area (Å²) in [6.07, 6.45) is 0. The zero-order chi connectivity index (χ0) is 13.1. The molecule has 0 radical (unpaired) electrons. The lowest BCUT2D eigenvalue weighted by molar-refractivity contribution is -0.386. The Kier molecular flexibility index (Phi) is 3.78. The molecule has 0 aliphatic rings. The molecule has 0 bridgehead atoms. The number of nitrogens with one attached hydrogen (secondary N) is 1. The van der Waals surface area contributed by atoms with Gasteiger partial charge in [-0.1, -0.05) is 17.4 Å². The number of aryl methyl sites for hydroxylation is 1. The molecule has 6 nitrogen and oxygen atoms in total. The number of nitro benzene ring substituents is 1. The van der Waals surface area contributed by atoms with Crippen LogP contribution >= 0.6 is 23.1 Å². The molecule has 1 N–H and O–H groups in total. The van der Waals surface area contributed by atoms with Crippen LogP contribution in [0.4, 0.5) is 11.4 Å². The molecule has 94 valence electrons. The van der Waals surface area contributed by atoms with Crippen LogP contribution < -0.4 is 5.32 Å². The van der Waals surface area contributed by atoms with Crippen LogP contribution in [0.15, 0.2) is 27.4 Å². The second kappa shape index (κ2) is 5.32. The van der Waals surface area contributed by atoms with Crippen molar-refractivity contribution < 1.29 is 4.92 Å². The molecule has 0 aliphatic heterocycles. The normalized spacial score (nSPS) is 10.3. The molecule has 8 heteroatoms. The lowest BCUT2D eigenvalue weighted by atomic mass is 10.3. The van der Waals surface area contributed by atoms with Crippen LogP contribution in [-0.2, 0) is 0 Å². The monoisotopic (exact) mass is 282 g/mol. The van der Waals surface area contributed by atoms with Crippen molar-refractivity contribution in [2.24, 2.45) is 0 Å². The third-order valence-corrected chi connectivity index (χ3v) is 4.09. The van der Waals surface area contributed by atoms with Gasteiger partial charge in [0.2, 0.25) is 0 Å². The molecule has 0 atom stereocenters. The van der Waals surface area contributed by atoms with Crippen LogP contribution in [0.3, 0.4) is 0 Å². The van der Waals surface area contributed by atoms with Gasteiger partial charge in [-0.2, -0.15) is 0 Å². The largest absolute Gasteiger partial charge is 0.383 e. The molecule has 0 spiro atoms. The first-order valence-corrected chi connectivity index (χ1v) is 6.68. The fraction of sp³-hybridized carbons (Fsp3) is 0.200. The summed E-state index contributed by atoms with van der Waals surface area (Å²) in [5.41, 5.74) is 0.559. The van der Waals surface area contributed by atoms with E-state index in [4.69, 9.17) is 0 Å². The van der Waals surface area contributed by atoms with Crippen LogP contribution in [0.2, 0.25) is 0 Å². The minimum absolute atomic E-state index is 0.0675. The van der Waals surface area contributed by atoms with Gasteiger partial charge < -0.3 is 5.32 Å². The molecule has 0 unspecified atom stereocenters. The molecule has 0 saturated carbocycles. The zero-order valence-electron chi connectivity index (χ0n) is 9.71. The summed E-state index contributed by atoms with van der Waals surface area (Å²) >= 11 is 2.67. The Balaban J connectivity index is 2.41. The first-order chi connectivity index (χ1) is 8.61. The molecule has 0 aliphatic carbocycles. The van der Waals surface area contributed by atoms with E-state index in [0.717, 1.165) is 5.01 Å². The van der Waals surface area contributed by atoms with E-state index in [-0.39, 0.29) is 10.6 Å². The van der Waals surface area contributed by atoms with E-state index in [1.165, 1.54) is 23.1 Å². The minimum Gasteiger partial charge on any atom is -0.383 e. The minimum atomic E-state index is -0.387. The van der Waals surface area contributed by atoms with Crippen LogP contribution in [0.25, 0.3) is 0 Å². The lowest BCUT2D eigenvalue weighted by Crippen LogP contribution is -1.97. The van der Waals surface area contributed by atoms with Gasteiger partial charge in [-0.15, -0.1) is 10.2 Å². The summed E-state index contributed by atoms with van der Waals surface area (Å²) in [5, 5.41) is 22.6. The van der Waals surface area contributed by atoms with Crippen molar-refractivity contribution in [1.82, 2.24) is 10.2 Å². The fourth-order valence-corrected chi connectivity index (χ4v) is 3.32. The summed E-state index contributed by atoms with van der Waals surface area (Å²) in [4.78, 5) is 11.3. The Morgan fingerprint density at radius 3 is 2.78 bits per heavy atom. The number of benzene rings is 1. The smallest absolute Gasteiger partial charge is 0.306 e. The van der Waals surface area contributed by atoms with Crippen LogP contribution in [0.5, 0.6) is 0 Å². The highest BCUT2D eigenvalue weighted by Crippen LogP contribution is 2.39. The predicted molar refractivity (Wildman–Crippen MR) is 71.4 cm³/mol. The van der Waals surface area contributed by atoms with Crippen LogP contribution in [-0.4, -0.2) is 22.2 Å². The summed E-state index contributed by atoms with van der Waals surface area (Å²) < 4.78 is 0.698. The standard InChI is InChI=1S/C10H10N4O2S2/c1-6-12-13-10(17-6)18-8-5-3-4-7(11-2)9(8)14(15)16/h3-5,11H,1-2H3. The number of rotatable bonds is 4. The van der Waals surface area contributed by atoms with Gasteiger partial charge in [-0.25, -0.2) is 0 Å². The average Bonchev–Trinajstić information content (AvgIpc) is 2.74. The van der Waals surface area contributed by atoms with E-state index in [9.17, 15) is 10.1 Å². The Labute approximate surface area is 112 Å². The second-order valence-electron chi connectivity index (χ2n) is 3.35. The van der Waals surface area contributed by atoms with Gasteiger partial charge in [0, 0.05) is 7.05 Å². The molecule has 0 amide bonds. The van der Waals surface area contributed by atoms with E-state index < -0.39 is 0 Å². The predicted octanol–water partition coefficient (Wildman–Crippen LogP) is 2.95. The summed E-state index contributed by atoms with van der Waals surface area (Å²) in [7, 11) is 1.66. The Bertz CT molecular complexity index is 585. The summed E-state index contributed by atoms with van der Waals surface area (Å²) in [6, 6.07) is 5.16. The van der Waals surface area contributed by atoms with Crippen molar-refractivity contribution >= 4 is 34.5 Å². The molecule has 2 aromatic rings. The molecule has 2 rings (SSSR count). The fourth-order valence-electron chi connectivity index (χ4n) is 1.41. The van der Waals surface area contributed by atoms with Gasteiger partial charge in [0.1, 0.15) is 10.7 Å². The SMILES string of the molecule is CNc1cccc(Sc2nnc(C)s2)c1[N+](=O)[O-]. The lowest BCUT2D eigenvalue weighted by Gasteiger charge is -2.05. The van der Waals surface area contributed by atoms with E-state index in [1.807, 2.05) is 6.92 Å². The molecule has 1 aromatic carbocycles. The number of aromatic nitrogens is 2. The van der Waals surface area contributed by atoms with Gasteiger partial charge in [0.25, 0.3) is 0 Å². The first-order valence-electron chi connectivity index (χ1n) is 5.05. The van der Waals surface area contributed by atoms with E-state index in [1.54, 1.807) is 25.2 Å². The Hall–Kier alpha value is -1.67. The summed E-state index contributed by atoms with van der Waals surface area (Å²) in [6.45, 7) is 1.85. The number of anilines is 1. The maximum atomic E-state index is 11.1. The van der Waals surface area contributed by atoms with E-state index in [0.29, 0.717) is 14.9 Å². The van der Waals surface area contributed by atoms with Crippen molar-refractivity contribution in [3.63, 3.8) is 0 Å². The van der Waals surface area contributed by atoms with Crippen molar-refractivity contribution in [1.29, 1.82) is 0 Å². The van der Waals surface area contributed by atoms with Crippen molar-refractivity contribution in [2.45, 2.75) is 16.2 Å². The number of nitrogens with zero attached hydrogens (tertiary/aromatic N) is 3. The molecule has 1 aromatic heterocycles. The third kappa shape index (κ3) is 2.59. The quantitative estimate of drug-likeness (QED) is 0.686. The van der Waals surface area contributed by atoms with E-state index in [2.05, 4.69) is 15.5 Å². The zero-order valence-corrected chi connectivity index (χ0v) is 11.3. The highest BCUT2D eigenvalue weighted by molar-refractivity contribution is 8.01. The Morgan fingerprint density at radius 1 is 1.44 bits per heavy atom. The third-order valence-electron chi connectivity index (χ3n) is 2.16. The molecule has 0 saturated heterocycles. The summed E-state index contributed by atoms with van der Waals surface area (Å²) in [5.74, 6) is 0. The molecular weight excluding hydrogens is 272 g/mol. The van der Waals surface area contributed by atoms with Gasteiger partial charge in [-0.05, 0) is 30.8 Å². The van der Waals surface area contributed by atoms with Crippen LogP contribution in [0, 0.1) is 17.0 Å². The highest BCUT2D eigenvalue weighted by atomic mass is 32.2. The first kappa shape index (κ1) is 12.8. The number of nitro groups is 1. The maximum Gasteiger partial charge on any atom is 0.306 e. The second-order valence-corrected chi connectivity index (χ2v) is 5.82. The number of hydrogen-bond acceptors (Lipinski definition) is 7. The topological polar surface area (TPSA) is 81.0 Å². The number of hydrogen-bond donors (Lipinski definition) is 1. The molecular formula is C10H10N4O2S2. The van der Waals surface area contributed by atoms with E-state index >= 15 is 0 Å². The molecule has 0 fully saturated rings. The van der Waals surface area contributed by atoms with Gasteiger partial charge in [0.05, 0.1) is 9.82 Å². The molecule has 18 heavy (non-hydrogen) atoms. The Morgan fingerprint density at radius 2 is 2.22 bits per heavy atom. The molecule has 1 heterocycles. The number of para-hydroxylation sites is 1. The maximum absolute atomic E-state index is 11.1. The van der Waals surface area contributed by atoms with Gasteiger partial charge in [0.15, 0.2) is 4.34 Å². The average molecular weight is 282 g/mol. The van der Waals surface area contributed by atoms with Crippen LogP contribution in [0.1, 0.15) is 5.01 Å². The van der Waals surface area contributed by atoms with Crippen molar-refractivity contribution in [2.75, 3.05) is 12.4 Å².